The Kier molecular flexibility index (Phi) is 3.44. The molecule has 0 amide bonds. The van der Waals surface area contributed by atoms with Crippen molar-refractivity contribution in [3.8, 4) is 0 Å². The number of aldehydes is 1. The minimum Gasteiger partial charge on any atom is -0.442 e. The van der Waals surface area contributed by atoms with Crippen LogP contribution < -0.4 is 10.8 Å². The molecule has 1 aliphatic carbocycles. The number of fused-ring (bicyclic) bond motifs is 3. The van der Waals surface area contributed by atoms with E-state index >= 15 is 0 Å². The van der Waals surface area contributed by atoms with E-state index in [0.29, 0.717) is 22.5 Å². The number of carbonyl (C=O) groups excluding carboxylic acids is 1. The van der Waals surface area contributed by atoms with Crippen LogP contribution in [0, 0.1) is 5.92 Å². The van der Waals surface area contributed by atoms with Gasteiger partial charge in [-0.05, 0) is 18.9 Å². The molecule has 0 saturated heterocycles. The molecule has 4 rings (SSSR count). The van der Waals surface area contributed by atoms with Crippen molar-refractivity contribution in [2.75, 3.05) is 12.4 Å². The van der Waals surface area contributed by atoms with Gasteiger partial charge in [0, 0.05) is 13.0 Å². The Morgan fingerprint density at radius 3 is 2.95 bits per heavy atom. The number of oxazole rings is 1. The van der Waals surface area contributed by atoms with Crippen molar-refractivity contribution in [1.82, 2.24) is 9.97 Å². The zero-order chi connectivity index (χ0) is 14.1. The van der Waals surface area contributed by atoms with Gasteiger partial charge in [0.2, 0.25) is 0 Å². The van der Waals surface area contributed by atoms with Crippen LogP contribution in [-0.4, -0.2) is 31.1 Å². The first kappa shape index (κ1) is 13.1. The topological polar surface area (TPSA) is 68.0 Å². The number of nitrogens with zero attached hydrogens (tertiary/aromatic N) is 2. The molecule has 20 heavy (non-hydrogen) atoms. The zero-order valence-electron chi connectivity index (χ0n) is 10.9. The molecule has 0 aliphatic heterocycles. The fourth-order valence-electron chi connectivity index (χ4n) is 1.76. The van der Waals surface area contributed by atoms with Crippen LogP contribution in [0.1, 0.15) is 12.8 Å². The summed E-state index contributed by atoms with van der Waals surface area (Å²) in [6.45, 7) is 0. The first-order valence-electron chi connectivity index (χ1n) is 6.28. The fraction of sp³-hybridized carbons (Fsp3) is 0.308. The molecule has 0 unspecified atom stereocenters. The molecular formula is C13H12BN3O2S. The molecule has 100 valence electrons. The summed E-state index contributed by atoms with van der Waals surface area (Å²) in [5, 5.41) is 3.84. The molecule has 2 aromatic heterocycles. The quantitative estimate of drug-likeness (QED) is 0.575. The predicted octanol–water partition coefficient (Wildman–Crippen LogP) is 1.87. The van der Waals surface area contributed by atoms with Gasteiger partial charge in [-0.25, -0.2) is 9.97 Å². The molecule has 1 aromatic carbocycles. The largest absolute Gasteiger partial charge is 0.442 e. The van der Waals surface area contributed by atoms with Crippen LogP contribution in [0.2, 0.25) is 0 Å². The summed E-state index contributed by atoms with van der Waals surface area (Å²) in [6, 6.07) is 1.82. The Balaban J connectivity index is 0.000000205. The zero-order valence-corrected chi connectivity index (χ0v) is 11.7. The average molecular weight is 285 g/mol. The Morgan fingerprint density at radius 1 is 1.55 bits per heavy atom. The molecule has 0 spiro atoms. The van der Waals surface area contributed by atoms with E-state index in [1.165, 1.54) is 17.7 Å². The highest BCUT2D eigenvalue weighted by Crippen LogP contribution is 2.30. The van der Waals surface area contributed by atoms with Gasteiger partial charge in [0.05, 0.1) is 5.52 Å². The molecule has 0 atom stereocenters. The van der Waals surface area contributed by atoms with Crippen molar-refractivity contribution in [2.45, 2.75) is 12.8 Å². The molecule has 1 fully saturated rings. The third-order valence-corrected chi connectivity index (χ3v) is 4.11. The maximum Gasteiger partial charge on any atom is 0.183 e. The highest BCUT2D eigenvalue weighted by Gasteiger charge is 2.18. The van der Waals surface area contributed by atoms with E-state index < -0.39 is 0 Å². The smallest absolute Gasteiger partial charge is 0.183 e. The summed E-state index contributed by atoms with van der Waals surface area (Å²) in [4.78, 5) is 18.0. The summed E-state index contributed by atoms with van der Waals surface area (Å²) in [5.74, 6) is 0.454. The number of aromatic nitrogens is 2. The molecule has 2 heterocycles. The van der Waals surface area contributed by atoms with E-state index in [1.54, 1.807) is 0 Å². The van der Waals surface area contributed by atoms with E-state index in [-0.39, 0.29) is 0 Å². The van der Waals surface area contributed by atoms with Crippen LogP contribution in [0.25, 0.3) is 21.3 Å². The second-order valence-electron chi connectivity index (χ2n) is 4.59. The van der Waals surface area contributed by atoms with Crippen molar-refractivity contribution in [2.24, 2.45) is 5.92 Å². The molecule has 5 nitrogen and oxygen atoms in total. The van der Waals surface area contributed by atoms with Crippen LogP contribution >= 0.6 is 11.3 Å². The minimum absolute atomic E-state index is 0.454. The van der Waals surface area contributed by atoms with Gasteiger partial charge >= 0.3 is 0 Å². The fourth-order valence-corrected chi connectivity index (χ4v) is 2.65. The molecule has 1 saturated carbocycles. The molecule has 1 N–H and O–H groups in total. The Bertz CT molecular complexity index is 763. The Labute approximate surface area is 120 Å². The summed E-state index contributed by atoms with van der Waals surface area (Å²) in [7, 11) is 7.67. The highest BCUT2D eigenvalue weighted by atomic mass is 32.1. The van der Waals surface area contributed by atoms with Crippen molar-refractivity contribution in [3.05, 3.63) is 12.5 Å². The number of anilines is 1. The summed E-state index contributed by atoms with van der Waals surface area (Å²) in [5.41, 5.74) is 2.85. The second kappa shape index (κ2) is 5.24. The maximum absolute atomic E-state index is 9.57. The first-order valence-corrected chi connectivity index (χ1v) is 7.10. The molecule has 3 aromatic rings. The van der Waals surface area contributed by atoms with Crippen molar-refractivity contribution < 1.29 is 9.21 Å². The number of benzene rings is 1. The lowest BCUT2D eigenvalue weighted by Gasteiger charge is -1.93. The lowest BCUT2D eigenvalue weighted by molar-refractivity contribution is -0.108. The van der Waals surface area contributed by atoms with Crippen molar-refractivity contribution in [1.29, 1.82) is 0 Å². The van der Waals surface area contributed by atoms with Crippen LogP contribution in [-0.2, 0) is 4.79 Å². The monoisotopic (exact) mass is 285 g/mol. The van der Waals surface area contributed by atoms with Gasteiger partial charge in [0.1, 0.15) is 24.3 Å². The van der Waals surface area contributed by atoms with Gasteiger partial charge in [-0.3, -0.25) is 0 Å². The predicted molar refractivity (Wildman–Crippen MR) is 80.9 cm³/mol. The van der Waals surface area contributed by atoms with Crippen LogP contribution in [0.5, 0.6) is 0 Å². The number of hydrogen-bond donors (Lipinski definition) is 1. The lowest BCUT2D eigenvalue weighted by atomic mass is 9.94. The van der Waals surface area contributed by atoms with E-state index in [9.17, 15) is 4.79 Å². The lowest BCUT2D eigenvalue weighted by Crippen LogP contribution is -2.03. The van der Waals surface area contributed by atoms with E-state index in [2.05, 4.69) is 15.3 Å². The second-order valence-corrected chi connectivity index (χ2v) is 5.59. The normalized spacial score (nSPS) is 14.1. The van der Waals surface area contributed by atoms with Crippen LogP contribution in [0.3, 0.4) is 0 Å². The molecule has 0 bridgehead atoms. The summed E-state index contributed by atoms with van der Waals surface area (Å²) in [6.07, 6.45) is 4.71. The van der Waals surface area contributed by atoms with E-state index in [0.717, 1.165) is 34.5 Å². The van der Waals surface area contributed by atoms with Gasteiger partial charge in [0.15, 0.2) is 17.1 Å². The SMILES string of the molecule is O=CC1CC1.[B]c1cc2nc(NC)sc2c2ocnc12. The third kappa shape index (κ3) is 2.41. The summed E-state index contributed by atoms with van der Waals surface area (Å²) < 4.78 is 6.29. The van der Waals surface area contributed by atoms with Crippen molar-refractivity contribution >= 4 is 57.4 Å². The van der Waals surface area contributed by atoms with Gasteiger partial charge in [-0.2, -0.15) is 0 Å². The highest BCUT2D eigenvalue weighted by molar-refractivity contribution is 7.23. The standard InChI is InChI=1S/C9H6BN3OS.C4H6O/c1-11-9-13-5-2-4(10)6-7(8(5)15-9)14-3-12-6;5-3-4-1-2-4/h2-3H,1H3,(H,11,13);3-4H,1-2H2. The molecule has 7 heteroatoms. The maximum atomic E-state index is 9.57. The van der Waals surface area contributed by atoms with Crippen LogP contribution in [0.4, 0.5) is 5.13 Å². The number of carbonyl (C=O) groups is 1. The molecule has 2 radical (unpaired) electrons. The minimum atomic E-state index is 0.454. The van der Waals surface area contributed by atoms with Crippen molar-refractivity contribution in [3.63, 3.8) is 0 Å². The van der Waals surface area contributed by atoms with Gasteiger partial charge < -0.3 is 14.5 Å². The number of hydrogen-bond acceptors (Lipinski definition) is 6. The average Bonchev–Trinajstić information content (AvgIpc) is 3.00. The van der Waals surface area contributed by atoms with Crippen LogP contribution in [0.15, 0.2) is 16.9 Å². The number of nitrogens with one attached hydrogen (secondary N) is 1. The summed E-state index contributed by atoms with van der Waals surface area (Å²) >= 11 is 1.53. The molecule has 1 aliphatic rings. The number of rotatable bonds is 2. The van der Waals surface area contributed by atoms with Gasteiger partial charge in [-0.15, -0.1) is 0 Å². The molecular weight excluding hydrogens is 273 g/mol. The number of thiazole rings is 1. The van der Waals surface area contributed by atoms with E-state index in [4.69, 9.17) is 12.3 Å². The Hall–Kier alpha value is -1.89. The first-order chi connectivity index (χ1) is 9.72. The van der Waals surface area contributed by atoms with Gasteiger partial charge in [0.25, 0.3) is 0 Å². The third-order valence-electron chi connectivity index (χ3n) is 3.02. The van der Waals surface area contributed by atoms with E-state index in [1.807, 2.05) is 13.1 Å². The Morgan fingerprint density at radius 2 is 2.35 bits per heavy atom. The van der Waals surface area contributed by atoms with Gasteiger partial charge in [-0.1, -0.05) is 16.8 Å².